The van der Waals surface area contributed by atoms with Gasteiger partial charge in [0.25, 0.3) is 5.91 Å². The fraction of sp³-hybridized carbons (Fsp3) is 0.133. The van der Waals surface area contributed by atoms with E-state index in [9.17, 15) is 9.18 Å². The predicted molar refractivity (Wildman–Crippen MR) is 73.9 cm³/mol. The third kappa shape index (κ3) is 3.06. The maximum absolute atomic E-state index is 13.5. The zero-order valence-corrected chi connectivity index (χ0v) is 11.1. The molecule has 5 heteroatoms. The summed E-state index contributed by atoms with van der Waals surface area (Å²) in [5.41, 5.74) is 0.825. The zero-order chi connectivity index (χ0) is 14.5. The Labute approximate surface area is 116 Å². The van der Waals surface area contributed by atoms with Gasteiger partial charge in [0.15, 0.2) is 11.6 Å². The third-order valence-electron chi connectivity index (χ3n) is 2.76. The second-order valence-electron chi connectivity index (χ2n) is 4.03. The van der Waals surface area contributed by atoms with Crippen molar-refractivity contribution < 1.29 is 18.7 Å². The molecule has 2 rings (SSSR count). The van der Waals surface area contributed by atoms with Crippen LogP contribution < -0.4 is 14.8 Å². The minimum Gasteiger partial charge on any atom is -0.497 e. The molecule has 0 saturated heterocycles. The average molecular weight is 275 g/mol. The first kappa shape index (κ1) is 13.9. The minimum atomic E-state index is -0.528. The van der Waals surface area contributed by atoms with E-state index in [1.165, 1.54) is 19.2 Å². The van der Waals surface area contributed by atoms with Crippen molar-refractivity contribution in [3.63, 3.8) is 0 Å². The smallest absolute Gasteiger partial charge is 0.255 e. The van der Waals surface area contributed by atoms with E-state index in [2.05, 4.69) is 5.32 Å². The molecule has 0 aliphatic carbocycles. The van der Waals surface area contributed by atoms with Crippen molar-refractivity contribution in [2.24, 2.45) is 0 Å². The number of benzene rings is 2. The molecule has 0 saturated carbocycles. The number of ether oxygens (including phenoxy) is 2. The van der Waals surface area contributed by atoms with Gasteiger partial charge >= 0.3 is 0 Å². The van der Waals surface area contributed by atoms with Crippen LogP contribution in [0.25, 0.3) is 0 Å². The summed E-state index contributed by atoms with van der Waals surface area (Å²) in [6.45, 7) is 0. The molecule has 0 radical (unpaired) electrons. The number of amides is 1. The Kier molecular flexibility index (Phi) is 4.20. The van der Waals surface area contributed by atoms with Crippen LogP contribution in [-0.4, -0.2) is 20.1 Å². The van der Waals surface area contributed by atoms with E-state index in [0.29, 0.717) is 17.0 Å². The van der Waals surface area contributed by atoms with Crippen LogP contribution in [0.3, 0.4) is 0 Å². The predicted octanol–water partition coefficient (Wildman–Crippen LogP) is 3.10. The topological polar surface area (TPSA) is 47.6 Å². The first-order valence-corrected chi connectivity index (χ1v) is 5.93. The molecular formula is C15H14FNO3. The molecule has 1 N–H and O–H groups in total. The van der Waals surface area contributed by atoms with Gasteiger partial charge in [-0.25, -0.2) is 4.39 Å². The molecule has 0 aromatic heterocycles. The van der Waals surface area contributed by atoms with E-state index in [-0.39, 0.29) is 11.7 Å². The summed E-state index contributed by atoms with van der Waals surface area (Å²) < 4.78 is 23.3. The molecule has 0 heterocycles. The number of carbonyl (C=O) groups excluding carboxylic acids is 1. The van der Waals surface area contributed by atoms with E-state index in [1.54, 1.807) is 37.4 Å². The van der Waals surface area contributed by atoms with Crippen LogP contribution in [0.5, 0.6) is 11.5 Å². The second kappa shape index (κ2) is 6.06. The van der Waals surface area contributed by atoms with Crippen LogP contribution in [0.2, 0.25) is 0 Å². The van der Waals surface area contributed by atoms with E-state index in [4.69, 9.17) is 9.47 Å². The molecule has 20 heavy (non-hydrogen) atoms. The summed E-state index contributed by atoms with van der Waals surface area (Å²) in [6.07, 6.45) is 0. The number of anilines is 1. The largest absolute Gasteiger partial charge is 0.497 e. The number of methoxy groups -OCH3 is 2. The summed E-state index contributed by atoms with van der Waals surface area (Å²) in [5.74, 6) is -0.0539. The van der Waals surface area contributed by atoms with Gasteiger partial charge in [0, 0.05) is 17.3 Å². The number of rotatable bonds is 4. The zero-order valence-electron chi connectivity index (χ0n) is 11.1. The van der Waals surface area contributed by atoms with Crippen LogP contribution in [0, 0.1) is 5.82 Å². The molecule has 1 amide bonds. The highest BCUT2D eigenvalue weighted by molar-refractivity contribution is 6.04. The number of nitrogens with one attached hydrogen (secondary N) is 1. The lowest BCUT2D eigenvalue weighted by Crippen LogP contribution is -2.11. The van der Waals surface area contributed by atoms with Gasteiger partial charge in [-0.15, -0.1) is 0 Å². The molecule has 0 aliphatic heterocycles. The van der Waals surface area contributed by atoms with Gasteiger partial charge in [0.05, 0.1) is 14.2 Å². The molecule has 0 unspecified atom stereocenters. The maximum atomic E-state index is 13.5. The van der Waals surface area contributed by atoms with E-state index < -0.39 is 5.82 Å². The van der Waals surface area contributed by atoms with Gasteiger partial charge in [-0.05, 0) is 36.4 Å². The Morgan fingerprint density at radius 2 is 1.75 bits per heavy atom. The standard InChI is InChI=1S/C15H14FNO3/c1-19-12-6-3-10(4-7-12)15(18)17-11-5-8-14(20-2)13(16)9-11/h3-9H,1-2H3,(H,17,18). The molecule has 0 bridgehead atoms. The Morgan fingerprint density at radius 1 is 1.05 bits per heavy atom. The summed E-state index contributed by atoms with van der Waals surface area (Å²) >= 11 is 0. The first-order chi connectivity index (χ1) is 9.63. The van der Waals surface area contributed by atoms with Crippen molar-refractivity contribution in [3.8, 4) is 11.5 Å². The van der Waals surface area contributed by atoms with E-state index >= 15 is 0 Å². The Balaban J connectivity index is 2.12. The summed E-state index contributed by atoms with van der Waals surface area (Å²) in [6, 6.07) is 10.9. The normalized spacial score (nSPS) is 9.95. The monoisotopic (exact) mass is 275 g/mol. The van der Waals surface area contributed by atoms with Crippen molar-refractivity contribution in [3.05, 3.63) is 53.8 Å². The van der Waals surface area contributed by atoms with E-state index in [1.807, 2.05) is 0 Å². The fourth-order valence-corrected chi connectivity index (χ4v) is 1.69. The van der Waals surface area contributed by atoms with Crippen molar-refractivity contribution in [1.82, 2.24) is 0 Å². The lowest BCUT2D eigenvalue weighted by Gasteiger charge is -2.08. The van der Waals surface area contributed by atoms with Crippen LogP contribution in [0.1, 0.15) is 10.4 Å². The van der Waals surface area contributed by atoms with Crippen molar-refractivity contribution in [2.75, 3.05) is 19.5 Å². The van der Waals surface area contributed by atoms with Crippen LogP contribution in [0.4, 0.5) is 10.1 Å². The maximum Gasteiger partial charge on any atom is 0.255 e. The van der Waals surface area contributed by atoms with Gasteiger partial charge < -0.3 is 14.8 Å². The Bertz CT molecular complexity index is 611. The first-order valence-electron chi connectivity index (χ1n) is 5.93. The van der Waals surface area contributed by atoms with Gasteiger partial charge in [0.2, 0.25) is 0 Å². The highest BCUT2D eigenvalue weighted by Gasteiger charge is 2.08. The van der Waals surface area contributed by atoms with Gasteiger partial charge in [-0.2, -0.15) is 0 Å². The molecule has 0 spiro atoms. The molecule has 2 aromatic rings. The SMILES string of the molecule is COc1ccc(C(=O)Nc2ccc(OC)c(F)c2)cc1. The van der Waals surface area contributed by atoms with Gasteiger partial charge in [-0.1, -0.05) is 0 Å². The van der Waals surface area contributed by atoms with Gasteiger partial charge in [0.1, 0.15) is 5.75 Å². The number of hydrogen-bond acceptors (Lipinski definition) is 3. The van der Waals surface area contributed by atoms with Crippen LogP contribution >= 0.6 is 0 Å². The molecule has 104 valence electrons. The quantitative estimate of drug-likeness (QED) is 0.932. The lowest BCUT2D eigenvalue weighted by molar-refractivity contribution is 0.102. The van der Waals surface area contributed by atoms with Crippen molar-refractivity contribution in [2.45, 2.75) is 0 Å². The lowest BCUT2D eigenvalue weighted by atomic mass is 10.2. The number of carbonyl (C=O) groups is 1. The highest BCUT2D eigenvalue weighted by Crippen LogP contribution is 2.21. The van der Waals surface area contributed by atoms with Crippen molar-refractivity contribution in [1.29, 1.82) is 0 Å². The minimum absolute atomic E-state index is 0.132. The summed E-state index contributed by atoms with van der Waals surface area (Å²) in [7, 11) is 2.93. The molecule has 2 aromatic carbocycles. The summed E-state index contributed by atoms with van der Waals surface area (Å²) in [5, 5.41) is 2.61. The van der Waals surface area contributed by atoms with E-state index in [0.717, 1.165) is 0 Å². The molecular weight excluding hydrogens is 261 g/mol. The summed E-state index contributed by atoms with van der Waals surface area (Å²) in [4.78, 5) is 12.0. The number of halogens is 1. The van der Waals surface area contributed by atoms with Crippen LogP contribution in [-0.2, 0) is 0 Å². The highest BCUT2D eigenvalue weighted by atomic mass is 19.1. The molecule has 0 atom stereocenters. The molecule has 0 fully saturated rings. The van der Waals surface area contributed by atoms with Crippen molar-refractivity contribution >= 4 is 11.6 Å². The average Bonchev–Trinajstić information content (AvgIpc) is 2.47. The number of hydrogen-bond donors (Lipinski definition) is 1. The Hall–Kier alpha value is -2.56. The molecule has 4 nitrogen and oxygen atoms in total. The third-order valence-corrected chi connectivity index (χ3v) is 2.76. The second-order valence-corrected chi connectivity index (χ2v) is 4.03. The van der Waals surface area contributed by atoms with Crippen LogP contribution in [0.15, 0.2) is 42.5 Å². The fourth-order valence-electron chi connectivity index (χ4n) is 1.69. The van der Waals surface area contributed by atoms with Gasteiger partial charge in [-0.3, -0.25) is 4.79 Å². The molecule has 0 aliphatic rings. The Morgan fingerprint density at radius 3 is 2.30 bits per heavy atom.